The van der Waals surface area contributed by atoms with Crippen LogP contribution >= 0.6 is 11.6 Å². The molecule has 3 rings (SSSR count). The van der Waals surface area contributed by atoms with Crippen LogP contribution in [0.4, 0.5) is 5.95 Å². The summed E-state index contributed by atoms with van der Waals surface area (Å²) in [6.07, 6.45) is 1.68. The van der Waals surface area contributed by atoms with Gasteiger partial charge in [-0.2, -0.15) is 0 Å². The summed E-state index contributed by atoms with van der Waals surface area (Å²) < 4.78 is 7.29. The van der Waals surface area contributed by atoms with Crippen LogP contribution in [0.25, 0.3) is 11.0 Å². The van der Waals surface area contributed by atoms with Gasteiger partial charge in [-0.1, -0.05) is 11.6 Å². The molecule has 0 amide bonds. The van der Waals surface area contributed by atoms with Crippen molar-refractivity contribution in [2.24, 2.45) is 0 Å². The minimum absolute atomic E-state index is 0.420. The molecule has 0 saturated heterocycles. The number of nitrogen functional groups attached to an aromatic ring is 1. The Labute approximate surface area is 108 Å². The molecule has 2 aromatic heterocycles. The number of anilines is 1. The Morgan fingerprint density at radius 1 is 1.44 bits per heavy atom. The van der Waals surface area contributed by atoms with E-state index in [4.69, 9.17) is 21.8 Å². The molecule has 0 saturated carbocycles. The summed E-state index contributed by atoms with van der Waals surface area (Å²) >= 11 is 5.92. The Bertz CT molecular complexity index is 716. The molecule has 0 aliphatic rings. The van der Waals surface area contributed by atoms with Crippen LogP contribution in [-0.4, -0.2) is 14.5 Å². The molecule has 0 unspecified atom stereocenters. The predicted octanol–water partition coefficient (Wildman–Crippen LogP) is 2.62. The molecule has 92 valence electrons. The zero-order valence-corrected chi connectivity index (χ0v) is 10.5. The Morgan fingerprint density at radius 3 is 3.00 bits per heavy atom. The molecule has 0 aliphatic carbocycles. The Balaban J connectivity index is 2.08. The molecule has 0 spiro atoms. The van der Waals surface area contributed by atoms with Gasteiger partial charge in [-0.3, -0.25) is 0 Å². The lowest BCUT2D eigenvalue weighted by molar-refractivity contribution is 0.461. The highest BCUT2D eigenvalue weighted by Crippen LogP contribution is 2.22. The standard InChI is InChI=1S/C12H11ClN4O/c1-7-5-15-11(18-7)6-17-10-3-2-8(13)4-9(10)16-12(17)14/h2-5H,6H2,1H3,(H2,14,16). The van der Waals surface area contributed by atoms with Crippen molar-refractivity contribution in [3.63, 3.8) is 0 Å². The number of oxazole rings is 1. The van der Waals surface area contributed by atoms with Crippen LogP contribution in [0.2, 0.25) is 5.02 Å². The quantitative estimate of drug-likeness (QED) is 0.771. The number of halogens is 1. The minimum Gasteiger partial charge on any atom is -0.444 e. The van der Waals surface area contributed by atoms with Gasteiger partial charge in [-0.25, -0.2) is 9.97 Å². The number of hydrogen-bond donors (Lipinski definition) is 1. The van der Waals surface area contributed by atoms with Crippen LogP contribution < -0.4 is 5.73 Å². The number of nitrogens with two attached hydrogens (primary N) is 1. The number of rotatable bonds is 2. The topological polar surface area (TPSA) is 69.9 Å². The van der Waals surface area contributed by atoms with Gasteiger partial charge >= 0.3 is 0 Å². The van der Waals surface area contributed by atoms with Crippen LogP contribution in [-0.2, 0) is 6.54 Å². The number of aromatic nitrogens is 3. The van der Waals surface area contributed by atoms with E-state index in [1.165, 1.54) is 0 Å². The maximum Gasteiger partial charge on any atom is 0.214 e. The summed E-state index contributed by atoms with van der Waals surface area (Å²) in [5.74, 6) is 1.80. The van der Waals surface area contributed by atoms with E-state index in [0.717, 1.165) is 16.8 Å². The Morgan fingerprint density at radius 2 is 2.28 bits per heavy atom. The lowest BCUT2D eigenvalue weighted by Gasteiger charge is -2.02. The molecule has 0 aliphatic heterocycles. The number of imidazole rings is 1. The Hall–Kier alpha value is -2.01. The molecule has 2 N–H and O–H groups in total. The zero-order valence-electron chi connectivity index (χ0n) is 9.72. The van der Waals surface area contributed by atoms with Crippen LogP contribution in [0.15, 0.2) is 28.8 Å². The van der Waals surface area contributed by atoms with Gasteiger partial charge in [-0.05, 0) is 25.1 Å². The van der Waals surface area contributed by atoms with Crippen molar-refractivity contribution in [2.45, 2.75) is 13.5 Å². The van der Waals surface area contributed by atoms with Gasteiger partial charge in [0, 0.05) is 5.02 Å². The van der Waals surface area contributed by atoms with Crippen LogP contribution in [0, 0.1) is 6.92 Å². The predicted molar refractivity (Wildman–Crippen MR) is 69.5 cm³/mol. The molecule has 18 heavy (non-hydrogen) atoms. The minimum atomic E-state index is 0.420. The first kappa shape index (κ1) is 11.1. The zero-order chi connectivity index (χ0) is 12.7. The van der Waals surface area contributed by atoms with Gasteiger partial charge in [0.15, 0.2) is 0 Å². The van der Waals surface area contributed by atoms with Crippen LogP contribution in [0.5, 0.6) is 0 Å². The summed E-state index contributed by atoms with van der Waals surface area (Å²) in [7, 11) is 0. The highest BCUT2D eigenvalue weighted by atomic mass is 35.5. The Kier molecular flexibility index (Phi) is 2.48. The van der Waals surface area contributed by atoms with Crippen molar-refractivity contribution in [3.8, 4) is 0 Å². The van der Waals surface area contributed by atoms with E-state index >= 15 is 0 Å². The van der Waals surface area contributed by atoms with E-state index in [1.807, 2.05) is 23.6 Å². The maximum atomic E-state index is 5.92. The lowest BCUT2D eigenvalue weighted by atomic mass is 10.3. The van der Waals surface area contributed by atoms with E-state index in [9.17, 15) is 0 Å². The summed E-state index contributed by atoms with van der Waals surface area (Å²) in [6, 6.07) is 5.48. The summed E-state index contributed by atoms with van der Waals surface area (Å²) in [5.41, 5.74) is 7.57. The molecule has 6 heteroatoms. The van der Waals surface area contributed by atoms with Crippen molar-refractivity contribution in [1.29, 1.82) is 0 Å². The van der Waals surface area contributed by atoms with E-state index in [2.05, 4.69) is 9.97 Å². The van der Waals surface area contributed by atoms with Gasteiger partial charge in [0.05, 0.1) is 17.2 Å². The monoisotopic (exact) mass is 262 g/mol. The van der Waals surface area contributed by atoms with Crippen molar-refractivity contribution in [2.75, 3.05) is 5.73 Å². The van der Waals surface area contributed by atoms with Crippen molar-refractivity contribution in [3.05, 3.63) is 41.1 Å². The normalized spacial score (nSPS) is 11.2. The number of hydrogen-bond acceptors (Lipinski definition) is 4. The van der Waals surface area contributed by atoms with E-state index < -0.39 is 0 Å². The van der Waals surface area contributed by atoms with E-state index in [0.29, 0.717) is 23.4 Å². The fourth-order valence-corrected chi connectivity index (χ4v) is 2.06. The fraction of sp³-hybridized carbons (Fsp3) is 0.167. The first-order valence-electron chi connectivity index (χ1n) is 5.46. The van der Waals surface area contributed by atoms with E-state index in [1.54, 1.807) is 12.3 Å². The van der Waals surface area contributed by atoms with Crippen LogP contribution in [0.3, 0.4) is 0 Å². The molecule has 3 aromatic rings. The molecule has 0 bridgehead atoms. The highest BCUT2D eigenvalue weighted by Gasteiger charge is 2.11. The SMILES string of the molecule is Cc1cnc(Cn2c(N)nc3cc(Cl)ccc32)o1. The number of benzene rings is 1. The second kappa shape index (κ2) is 4.03. The van der Waals surface area contributed by atoms with Crippen LogP contribution in [0.1, 0.15) is 11.7 Å². The van der Waals surface area contributed by atoms with Gasteiger partial charge in [0.1, 0.15) is 12.3 Å². The first-order valence-corrected chi connectivity index (χ1v) is 5.84. The van der Waals surface area contributed by atoms with Crippen molar-refractivity contribution >= 4 is 28.6 Å². The molecular formula is C12H11ClN4O. The smallest absolute Gasteiger partial charge is 0.214 e. The number of fused-ring (bicyclic) bond motifs is 1. The third-order valence-electron chi connectivity index (χ3n) is 2.70. The van der Waals surface area contributed by atoms with Crippen molar-refractivity contribution in [1.82, 2.24) is 14.5 Å². The molecule has 1 aromatic carbocycles. The largest absolute Gasteiger partial charge is 0.444 e. The number of aryl methyl sites for hydroxylation is 1. The number of nitrogens with zero attached hydrogens (tertiary/aromatic N) is 3. The lowest BCUT2D eigenvalue weighted by Crippen LogP contribution is -2.04. The molecule has 0 fully saturated rings. The van der Waals surface area contributed by atoms with Crippen molar-refractivity contribution < 1.29 is 4.42 Å². The fourth-order valence-electron chi connectivity index (χ4n) is 1.90. The summed E-state index contributed by atoms with van der Waals surface area (Å²) in [4.78, 5) is 8.42. The summed E-state index contributed by atoms with van der Waals surface area (Å²) in [5, 5.41) is 0.638. The highest BCUT2D eigenvalue weighted by molar-refractivity contribution is 6.31. The van der Waals surface area contributed by atoms with Gasteiger partial charge in [0.2, 0.25) is 11.8 Å². The average Bonchev–Trinajstić information content (AvgIpc) is 2.84. The molecule has 0 atom stereocenters. The third-order valence-corrected chi connectivity index (χ3v) is 2.94. The molecule has 2 heterocycles. The average molecular weight is 263 g/mol. The molecular weight excluding hydrogens is 252 g/mol. The van der Waals surface area contributed by atoms with E-state index in [-0.39, 0.29) is 0 Å². The molecule has 5 nitrogen and oxygen atoms in total. The second-order valence-corrected chi connectivity index (χ2v) is 4.49. The second-order valence-electron chi connectivity index (χ2n) is 4.05. The third kappa shape index (κ3) is 1.82. The maximum absolute atomic E-state index is 5.92. The van der Waals surface area contributed by atoms with Gasteiger partial charge in [0.25, 0.3) is 0 Å². The first-order chi connectivity index (χ1) is 8.63. The summed E-state index contributed by atoms with van der Waals surface area (Å²) in [6.45, 7) is 2.31. The molecule has 0 radical (unpaired) electrons. The van der Waals surface area contributed by atoms with Gasteiger partial charge < -0.3 is 14.7 Å². The van der Waals surface area contributed by atoms with Gasteiger partial charge in [-0.15, -0.1) is 0 Å².